The third kappa shape index (κ3) is 3.94. The molecular formula is C23H23N3O3S. The Balaban J connectivity index is 1.66. The van der Waals surface area contributed by atoms with Gasteiger partial charge in [0, 0.05) is 6.54 Å². The van der Waals surface area contributed by atoms with Gasteiger partial charge in [-0.15, -0.1) is 0 Å². The van der Waals surface area contributed by atoms with Crippen molar-refractivity contribution in [2.45, 2.75) is 24.4 Å². The number of rotatable bonds is 6. The predicted molar refractivity (Wildman–Crippen MR) is 115 cm³/mol. The van der Waals surface area contributed by atoms with Crippen LogP contribution >= 0.6 is 0 Å². The van der Waals surface area contributed by atoms with E-state index >= 15 is 0 Å². The van der Waals surface area contributed by atoms with Crippen LogP contribution in [-0.4, -0.2) is 30.3 Å². The van der Waals surface area contributed by atoms with E-state index in [2.05, 4.69) is 5.43 Å². The quantitative estimate of drug-likeness (QED) is 0.656. The minimum absolute atomic E-state index is 0.104. The number of aryl methyl sites for hydroxylation is 1. The second-order valence-corrected chi connectivity index (χ2v) is 9.07. The van der Waals surface area contributed by atoms with E-state index in [1.165, 1.54) is 5.01 Å². The van der Waals surface area contributed by atoms with Gasteiger partial charge in [-0.05, 0) is 30.2 Å². The molecule has 1 unspecified atom stereocenters. The Labute approximate surface area is 176 Å². The van der Waals surface area contributed by atoms with Crippen molar-refractivity contribution < 1.29 is 13.2 Å². The molecule has 0 bridgehead atoms. The lowest BCUT2D eigenvalue weighted by atomic mass is 10.1. The number of carbonyl (C=O) groups is 1. The van der Waals surface area contributed by atoms with Crippen LogP contribution in [0.15, 0.2) is 89.8 Å². The summed E-state index contributed by atoms with van der Waals surface area (Å²) >= 11 is 0. The smallest absolute Gasteiger partial charge is 0.256 e. The fourth-order valence-electron chi connectivity index (χ4n) is 3.50. The number of urea groups is 1. The zero-order valence-electron chi connectivity index (χ0n) is 16.6. The Kier molecular flexibility index (Phi) is 5.57. The standard InChI is InChI=1S/C23H23N3O3S/c1-18-12-14-21(15-13-18)30(28,29)26-22(20-10-6-3-7-11-20)17-25(23(26)27)24-16-19-8-4-2-5-9-19/h2-15,22,24H,16-17H2,1H3. The molecule has 3 aromatic carbocycles. The molecule has 2 amide bonds. The molecule has 1 aliphatic rings. The van der Waals surface area contributed by atoms with Gasteiger partial charge in [0.2, 0.25) is 0 Å². The number of hydrogen-bond donors (Lipinski definition) is 1. The maximum Gasteiger partial charge on any atom is 0.349 e. The minimum Gasteiger partial charge on any atom is -0.256 e. The Bertz CT molecular complexity index is 1120. The molecule has 1 fully saturated rings. The first-order valence-corrected chi connectivity index (χ1v) is 11.2. The summed E-state index contributed by atoms with van der Waals surface area (Å²) in [6.45, 7) is 2.53. The average Bonchev–Trinajstić information content (AvgIpc) is 3.11. The summed E-state index contributed by atoms with van der Waals surface area (Å²) in [7, 11) is -4.02. The highest BCUT2D eigenvalue weighted by Gasteiger charge is 2.46. The van der Waals surface area contributed by atoms with Gasteiger partial charge in [-0.3, -0.25) is 5.01 Å². The van der Waals surface area contributed by atoms with Gasteiger partial charge < -0.3 is 0 Å². The van der Waals surface area contributed by atoms with Crippen molar-refractivity contribution in [2.24, 2.45) is 0 Å². The van der Waals surface area contributed by atoms with Crippen molar-refractivity contribution >= 4 is 16.1 Å². The molecule has 3 aromatic rings. The second kappa shape index (κ2) is 8.30. The van der Waals surface area contributed by atoms with E-state index in [1.807, 2.05) is 67.6 Å². The molecule has 0 saturated carbocycles. The highest BCUT2D eigenvalue weighted by molar-refractivity contribution is 7.89. The molecule has 154 valence electrons. The molecule has 0 spiro atoms. The van der Waals surface area contributed by atoms with E-state index < -0.39 is 22.1 Å². The van der Waals surface area contributed by atoms with E-state index in [1.54, 1.807) is 24.3 Å². The number of nitrogens with one attached hydrogen (secondary N) is 1. The number of carbonyl (C=O) groups excluding carboxylic acids is 1. The molecule has 0 radical (unpaired) electrons. The van der Waals surface area contributed by atoms with Crippen LogP contribution in [0.5, 0.6) is 0 Å². The Morgan fingerprint density at radius 2 is 1.50 bits per heavy atom. The number of hydrogen-bond acceptors (Lipinski definition) is 4. The van der Waals surface area contributed by atoms with Crippen LogP contribution in [0.2, 0.25) is 0 Å². The van der Waals surface area contributed by atoms with Gasteiger partial charge in [-0.1, -0.05) is 78.4 Å². The van der Waals surface area contributed by atoms with E-state index in [0.29, 0.717) is 6.54 Å². The number of benzene rings is 3. The van der Waals surface area contributed by atoms with Gasteiger partial charge in [0.25, 0.3) is 10.0 Å². The lowest BCUT2D eigenvalue weighted by Gasteiger charge is -2.23. The van der Waals surface area contributed by atoms with Gasteiger partial charge in [-0.2, -0.15) is 0 Å². The molecule has 1 saturated heterocycles. The summed E-state index contributed by atoms with van der Waals surface area (Å²) in [5.74, 6) is 0. The molecule has 1 heterocycles. The number of nitrogens with zero attached hydrogens (tertiary/aromatic N) is 2. The third-order valence-electron chi connectivity index (χ3n) is 5.14. The molecular weight excluding hydrogens is 398 g/mol. The number of amides is 2. The highest BCUT2D eigenvalue weighted by Crippen LogP contribution is 2.34. The molecule has 1 aliphatic heterocycles. The summed E-state index contributed by atoms with van der Waals surface area (Å²) in [6, 6.07) is 24.2. The van der Waals surface area contributed by atoms with Crippen LogP contribution in [0, 0.1) is 6.92 Å². The summed E-state index contributed by atoms with van der Waals surface area (Å²) in [5, 5.41) is 1.39. The maximum absolute atomic E-state index is 13.4. The SMILES string of the molecule is Cc1ccc(S(=O)(=O)N2C(=O)N(NCc3ccccc3)CC2c2ccccc2)cc1. The number of hydrazine groups is 1. The Morgan fingerprint density at radius 3 is 2.13 bits per heavy atom. The van der Waals surface area contributed by atoms with Crippen LogP contribution in [-0.2, 0) is 16.6 Å². The first kappa shape index (κ1) is 20.1. The van der Waals surface area contributed by atoms with Crippen molar-refractivity contribution in [3.63, 3.8) is 0 Å². The molecule has 30 heavy (non-hydrogen) atoms. The fourth-order valence-corrected chi connectivity index (χ4v) is 5.04. The van der Waals surface area contributed by atoms with Crippen molar-refractivity contribution in [1.29, 1.82) is 0 Å². The van der Waals surface area contributed by atoms with E-state index in [0.717, 1.165) is 21.0 Å². The van der Waals surface area contributed by atoms with Crippen LogP contribution in [0.25, 0.3) is 0 Å². The second-order valence-electron chi connectivity index (χ2n) is 7.25. The van der Waals surface area contributed by atoms with E-state index in [9.17, 15) is 13.2 Å². The third-order valence-corrected chi connectivity index (χ3v) is 6.93. The van der Waals surface area contributed by atoms with Crippen molar-refractivity contribution in [3.05, 3.63) is 102 Å². The van der Waals surface area contributed by atoms with Crippen LogP contribution in [0.3, 0.4) is 0 Å². The molecule has 0 aliphatic carbocycles. The van der Waals surface area contributed by atoms with Gasteiger partial charge in [-0.25, -0.2) is 22.9 Å². The van der Waals surface area contributed by atoms with Crippen molar-refractivity contribution in [3.8, 4) is 0 Å². The highest BCUT2D eigenvalue weighted by atomic mass is 32.2. The van der Waals surface area contributed by atoms with Crippen LogP contribution < -0.4 is 5.43 Å². The van der Waals surface area contributed by atoms with Crippen LogP contribution in [0.1, 0.15) is 22.7 Å². The summed E-state index contributed by atoms with van der Waals surface area (Å²) in [6.07, 6.45) is 0. The molecule has 6 nitrogen and oxygen atoms in total. The normalized spacial score (nSPS) is 16.8. The van der Waals surface area contributed by atoms with Crippen molar-refractivity contribution in [2.75, 3.05) is 6.54 Å². The lowest BCUT2D eigenvalue weighted by Crippen LogP contribution is -2.42. The van der Waals surface area contributed by atoms with Gasteiger partial charge in [0.05, 0.1) is 17.5 Å². The molecule has 1 N–H and O–H groups in total. The zero-order chi connectivity index (χ0) is 21.1. The Hall–Kier alpha value is -3.16. The minimum atomic E-state index is -4.02. The Morgan fingerprint density at radius 1 is 0.900 bits per heavy atom. The van der Waals surface area contributed by atoms with Crippen molar-refractivity contribution in [1.82, 2.24) is 14.7 Å². The average molecular weight is 422 g/mol. The number of sulfonamides is 1. The topological polar surface area (TPSA) is 69.7 Å². The lowest BCUT2D eigenvalue weighted by molar-refractivity contribution is 0.185. The van der Waals surface area contributed by atoms with Gasteiger partial charge in [0.15, 0.2) is 0 Å². The zero-order valence-corrected chi connectivity index (χ0v) is 17.4. The maximum atomic E-state index is 13.4. The molecule has 0 aromatic heterocycles. The van der Waals surface area contributed by atoms with Gasteiger partial charge >= 0.3 is 6.03 Å². The molecule has 4 rings (SSSR count). The summed E-state index contributed by atoms with van der Waals surface area (Å²) in [5.41, 5.74) is 5.81. The summed E-state index contributed by atoms with van der Waals surface area (Å²) < 4.78 is 27.8. The van der Waals surface area contributed by atoms with Crippen LogP contribution in [0.4, 0.5) is 4.79 Å². The van der Waals surface area contributed by atoms with E-state index in [-0.39, 0.29) is 11.4 Å². The largest absolute Gasteiger partial charge is 0.349 e. The van der Waals surface area contributed by atoms with E-state index in [4.69, 9.17) is 0 Å². The summed E-state index contributed by atoms with van der Waals surface area (Å²) in [4.78, 5) is 13.3. The molecule has 1 atom stereocenters. The fraction of sp³-hybridized carbons (Fsp3) is 0.174. The first-order valence-electron chi connectivity index (χ1n) is 9.72. The predicted octanol–water partition coefficient (Wildman–Crippen LogP) is 3.87. The first-order chi connectivity index (χ1) is 14.5. The molecule has 7 heteroatoms. The van der Waals surface area contributed by atoms with Gasteiger partial charge in [0.1, 0.15) is 0 Å². The monoisotopic (exact) mass is 421 g/mol.